The summed E-state index contributed by atoms with van der Waals surface area (Å²) in [6.07, 6.45) is 2.67. The molecule has 104 valence electrons. The molecule has 0 bridgehead atoms. The lowest BCUT2D eigenvalue weighted by Gasteiger charge is -2.15. The number of benzene rings is 1. The van der Waals surface area contributed by atoms with E-state index >= 15 is 0 Å². The fourth-order valence-electron chi connectivity index (χ4n) is 2.26. The van der Waals surface area contributed by atoms with Crippen LogP contribution in [0.2, 0.25) is 0 Å². The first kappa shape index (κ1) is 14.0. The molecule has 19 heavy (non-hydrogen) atoms. The van der Waals surface area contributed by atoms with Gasteiger partial charge in [-0.3, -0.25) is 4.79 Å². The Morgan fingerprint density at radius 2 is 2.11 bits per heavy atom. The van der Waals surface area contributed by atoms with E-state index in [-0.39, 0.29) is 23.2 Å². The van der Waals surface area contributed by atoms with Gasteiger partial charge in [-0.25, -0.2) is 12.8 Å². The maximum Gasteiger partial charge on any atom is 0.303 e. The van der Waals surface area contributed by atoms with Gasteiger partial charge in [-0.1, -0.05) is 6.07 Å². The van der Waals surface area contributed by atoms with Crippen molar-refractivity contribution in [2.45, 2.75) is 30.1 Å². The Labute approximate surface area is 111 Å². The van der Waals surface area contributed by atoms with Crippen LogP contribution in [0.25, 0.3) is 0 Å². The van der Waals surface area contributed by atoms with Crippen molar-refractivity contribution in [1.29, 1.82) is 0 Å². The van der Waals surface area contributed by atoms with Crippen molar-refractivity contribution in [1.82, 2.24) is 0 Å². The van der Waals surface area contributed by atoms with Gasteiger partial charge in [0.15, 0.2) is 9.84 Å². The van der Waals surface area contributed by atoms with E-state index in [0.717, 1.165) is 25.2 Å². The van der Waals surface area contributed by atoms with Gasteiger partial charge < -0.3 is 5.11 Å². The summed E-state index contributed by atoms with van der Waals surface area (Å²) in [7, 11) is -3.45. The van der Waals surface area contributed by atoms with E-state index in [4.69, 9.17) is 5.11 Å². The standard InChI is InChI=1S/C13H15FO4S/c1-19(17,18)9-4-5-10(12(14)6-9)11(7-13(15)16)8-2-3-8/h4-6,8,11H,2-3,7H2,1H3,(H,15,16). The third kappa shape index (κ3) is 3.32. The van der Waals surface area contributed by atoms with Crippen LogP contribution in [-0.4, -0.2) is 25.7 Å². The maximum atomic E-state index is 14.0. The number of hydrogen-bond donors (Lipinski definition) is 1. The lowest BCUT2D eigenvalue weighted by atomic mass is 9.91. The highest BCUT2D eigenvalue weighted by Gasteiger charge is 2.35. The van der Waals surface area contributed by atoms with Crippen LogP contribution >= 0.6 is 0 Å². The van der Waals surface area contributed by atoms with E-state index in [1.165, 1.54) is 12.1 Å². The molecule has 1 N–H and O–H groups in total. The lowest BCUT2D eigenvalue weighted by Crippen LogP contribution is -2.11. The normalized spacial score (nSPS) is 17.2. The Hall–Kier alpha value is -1.43. The quantitative estimate of drug-likeness (QED) is 0.900. The van der Waals surface area contributed by atoms with Crippen molar-refractivity contribution in [3.8, 4) is 0 Å². The average Bonchev–Trinajstić information content (AvgIpc) is 3.08. The SMILES string of the molecule is CS(=O)(=O)c1ccc(C(CC(=O)O)C2CC2)c(F)c1. The molecule has 1 unspecified atom stereocenters. The van der Waals surface area contributed by atoms with Crippen LogP contribution in [0.15, 0.2) is 23.1 Å². The molecule has 0 spiro atoms. The van der Waals surface area contributed by atoms with Gasteiger partial charge in [0.1, 0.15) is 5.82 Å². The van der Waals surface area contributed by atoms with E-state index in [0.29, 0.717) is 5.56 Å². The Kier molecular flexibility index (Phi) is 3.62. The van der Waals surface area contributed by atoms with Crippen molar-refractivity contribution in [3.05, 3.63) is 29.6 Å². The zero-order valence-electron chi connectivity index (χ0n) is 10.5. The van der Waals surface area contributed by atoms with E-state index in [2.05, 4.69) is 0 Å². The second-order valence-electron chi connectivity index (χ2n) is 5.00. The summed E-state index contributed by atoms with van der Waals surface area (Å²) >= 11 is 0. The highest BCUT2D eigenvalue weighted by molar-refractivity contribution is 7.90. The third-order valence-corrected chi connectivity index (χ3v) is 4.50. The molecule has 4 nitrogen and oxygen atoms in total. The predicted octanol–water partition coefficient (Wildman–Crippen LogP) is 2.20. The summed E-state index contributed by atoms with van der Waals surface area (Å²) < 4.78 is 36.7. The van der Waals surface area contributed by atoms with Crippen LogP contribution in [0.5, 0.6) is 0 Å². The van der Waals surface area contributed by atoms with E-state index in [9.17, 15) is 17.6 Å². The average molecular weight is 286 g/mol. The Morgan fingerprint density at radius 3 is 2.53 bits per heavy atom. The van der Waals surface area contributed by atoms with Gasteiger partial charge in [-0.15, -0.1) is 0 Å². The van der Waals surface area contributed by atoms with E-state index in [1.807, 2.05) is 0 Å². The number of carboxylic acid groups (broad SMARTS) is 1. The fourth-order valence-corrected chi connectivity index (χ4v) is 2.89. The number of hydrogen-bond acceptors (Lipinski definition) is 3. The monoisotopic (exact) mass is 286 g/mol. The highest BCUT2D eigenvalue weighted by atomic mass is 32.2. The number of carboxylic acids is 1. The van der Waals surface area contributed by atoms with Crippen molar-refractivity contribution in [3.63, 3.8) is 0 Å². The van der Waals surface area contributed by atoms with Crippen LogP contribution in [0, 0.1) is 11.7 Å². The molecule has 6 heteroatoms. The summed E-state index contributed by atoms with van der Waals surface area (Å²) in [4.78, 5) is 10.7. The molecule has 0 amide bonds. The highest BCUT2D eigenvalue weighted by Crippen LogP contribution is 2.45. The van der Waals surface area contributed by atoms with Crippen LogP contribution in [0.4, 0.5) is 4.39 Å². The zero-order valence-corrected chi connectivity index (χ0v) is 11.3. The van der Waals surface area contributed by atoms with Crippen molar-refractivity contribution in [2.75, 3.05) is 6.26 Å². The number of sulfone groups is 1. The van der Waals surface area contributed by atoms with Crippen molar-refractivity contribution < 1.29 is 22.7 Å². The van der Waals surface area contributed by atoms with E-state index < -0.39 is 21.6 Å². The molecule has 1 aliphatic carbocycles. The molecule has 0 aliphatic heterocycles. The molecule has 1 aromatic carbocycles. The van der Waals surface area contributed by atoms with Crippen LogP contribution in [0.1, 0.15) is 30.7 Å². The number of carbonyl (C=O) groups is 1. The molecule has 0 aromatic heterocycles. The first-order valence-electron chi connectivity index (χ1n) is 6.00. The second kappa shape index (κ2) is 4.92. The minimum absolute atomic E-state index is 0.0846. The third-order valence-electron chi connectivity index (χ3n) is 3.39. The molecular weight excluding hydrogens is 271 g/mol. The molecular formula is C13H15FO4S. The predicted molar refractivity (Wildman–Crippen MR) is 67.2 cm³/mol. The van der Waals surface area contributed by atoms with Gasteiger partial charge in [0.2, 0.25) is 0 Å². The maximum absolute atomic E-state index is 14.0. The van der Waals surface area contributed by atoms with Crippen molar-refractivity contribution in [2.24, 2.45) is 5.92 Å². The molecule has 1 saturated carbocycles. The summed E-state index contributed by atoms with van der Waals surface area (Å²) in [6.45, 7) is 0. The molecule has 1 aromatic rings. The Morgan fingerprint density at radius 1 is 1.47 bits per heavy atom. The fraction of sp³-hybridized carbons (Fsp3) is 0.462. The lowest BCUT2D eigenvalue weighted by molar-refractivity contribution is -0.137. The van der Waals surface area contributed by atoms with Gasteiger partial charge in [-0.05, 0) is 36.5 Å². The van der Waals surface area contributed by atoms with E-state index in [1.54, 1.807) is 0 Å². The minimum Gasteiger partial charge on any atom is -0.481 e. The number of aliphatic carboxylic acids is 1. The molecule has 0 radical (unpaired) electrons. The van der Waals surface area contributed by atoms with Gasteiger partial charge in [0.05, 0.1) is 11.3 Å². The van der Waals surface area contributed by atoms with Gasteiger partial charge in [0.25, 0.3) is 0 Å². The van der Waals surface area contributed by atoms with Gasteiger partial charge >= 0.3 is 5.97 Å². The first-order valence-corrected chi connectivity index (χ1v) is 7.89. The summed E-state index contributed by atoms with van der Waals surface area (Å²) in [5, 5.41) is 8.88. The molecule has 2 rings (SSSR count). The summed E-state index contributed by atoms with van der Waals surface area (Å²) in [5.41, 5.74) is 0.303. The summed E-state index contributed by atoms with van der Waals surface area (Å²) in [5.74, 6) is -1.79. The Balaban J connectivity index is 2.36. The molecule has 1 aliphatic rings. The topological polar surface area (TPSA) is 71.4 Å². The smallest absolute Gasteiger partial charge is 0.303 e. The van der Waals surface area contributed by atoms with Crippen LogP contribution in [-0.2, 0) is 14.6 Å². The molecule has 0 heterocycles. The van der Waals surface area contributed by atoms with Crippen LogP contribution in [0.3, 0.4) is 0 Å². The number of rotatable bonds is 5. The molecule has 1 atom stereocenters. The van der Waals surface area contributed by atoms with Crippen LogP contribution < -0.4 is 0 Å². The first-order chi connectivity index (χ1) is 8.79. The zero-order chi connectivity index (χ0) is 14.2. The van der Waals surface area contributed by atoms with Gasteiger partial charge in [0, 0.05) is 12.2 Å². The molecule has 0 saturated heterocycles. The second-order valence-corrected chi connectivity index (χ2v) is 7.01. The van der Waals surface area contributed by atoms with Gasteiger partial charge in [-0.2, -0.15) is 0 Å². The Bertz CT molecular complexity index is 605. The number of halogens is 1. The minimum atomic E-state index is -3.45. The summed E-state index contributed by atoms with van der Waals surface area (Å²) in [6, 6.07) is 3.71. The van der Waals surface area contributed by atoms with Crippen molar-refractivity contribution >= 4 is 15.8 Å². The largest absolute Gasteiger partial charge is 0.481 e. The molecule has 1 fully saturated rings.